The van der Waals surface area contributed by atoms with Crippen LogP contribution >= 0.6 is 45.2 Å². The first-order valence-corrected chi connectivity index (χ1v) is 6.06. The fourth-order valence-electron chi connectivity index (χ4n) is 0.504. The van der Waals surface area contributed by atoms with Gasteiger partial charge in [0.05, 0.1) is 0 Å². The summed E-state index contributed by atoms with van der Waals surface area (Å²) < 4.78 is 1.77. The first-order valence-electron chi connectivity index (χ1n) is 3.29. The number of hydrogen-bond donors (Lipinski definition) is 0. The van der Waals surface area contributed by atoms with E-state index in [0.717, 1.165) is 10.8 Å². The van der Waals surface area contributed by atoms with Gasteiger partial charge in [-0.15, -0.1) is 0 Å². The van der Waals surface area contributed by atoms with Crippen molar-refractivity contribution in [3.05, 3.63) is 24.3 Å². The SMILES string of the molecule is CC(I)/C=C\C/C=C\CI. The van der Waals surface area contributed by atoms with E-state index in [-0.39, 0.29) is 0 Å². The molecule has 0 radical (unpaired) electrons. The lowest BCUT2D eigenvalue weighted by atomic mass is 10.3. The lowest BCUT2D eigenvalue weighted by Gasteiger charge is -1.88. The van der Waals surface area contributed by atoms with Gasteiger partial charge in [0, 0.05) is 8.35 Å². The standard InChI is InChI=1S/C8H12I2/c1-8(10)6-4-2-3-5-7-9/h3-6,8H,2,7H2,1H3/b5-3-,6-4-. The third kappa shape index (κ3) is 8.94. The molecule has 1 atom stereocenters. The molecule has 0 aromatic rings. The van der Waals surface area contributed by atoms with Crippen molar-refractivity contribution in [2.24, 2.45) is 0 Å². The van der Waals surface area contributed by atoms with Crippen LogP contribution in [0.5, 0.6) is 0 Å². The Morgan fingerprint density at radius 1 is 1.30 bits per heavy atom. The van der Waals surface area contributed by atoms with Crippen molar-refractivity contribution in [3.8, 4) is 0 Å². The van der Waals surface area contributed by atoms with Crippen molar-refractivity contribution in [2.45, 2.75) is 17.3 Å². The second-order valence-electron chi connectivity index (χ2n) is 1.97. The van der Waals surface area contributed by atoms with E-state index in [1.165, 1.54) is 0 Å². The summed E-state index contributed by atoms with van der Waals surface area (Å²) in [5, 5.41) is 0. The van der Waals surface area contributed by atoms with Crippen LogP contribution in [0.1, 0.15) is 13.3 Å². The molecule has 1 unspecified atom stereocenters. The highest BCUT2D eigenvalue weighted by atomic mass is 127. The Morgan fingerprint density at radius 3 is 2.50 bits per heavy atom. The summed E-state index contributed by atoms with van der Waals surface area (Å²) in [6.45, 7) is 2.18. The first-order chi connectivity index (χ1) is 4.77. The predicted octanol–water partition coefficient (Wildman–Crippen LogP) is 3.75. The van der Waals surface area contributed by atoms with E-state index in [9.17, 15) is 0 Å². The van der Waals surface area contributed by atoms with Gasteiger partial charge in [-0.3, -0.25) is 0 Å². The lowest BCUT2D eigenvalue weighted by Crippen LogP contribution is -1.77. The first kappa shape index (κ1) is 10.9. The Morgan fingerprint density at radius 2 is 2.00 bits per heavy atom. The van der Waals surface area contributed by atoms with Gasteiger partial charge in [0.1, 0.15) is 0 Å². The molecule has 58 valence electrons. The van der Waals surface area contributed by atoms with Crippen molar-refractivity contribution in [1.29, 1.82) is 0 Å². The van der Waals surface area contributed by atoms with Crippen LogP contribution in [0.25, 0.3) is 0 Å². The summed E-state index contributed by atoms with van der Waals surface area (Å²) in [4.78, 5) is 0. The maximum Gasteiger partial charge on any atom is 0.0261 e. The molecule has 0 spiro atoms. The summed E-state index contributed by atoms with van der Waals surface area (Å²) in [5.74, 6) is 0. The average Bonchev–Trinajstić information content (AvgIpc) is 1.87. The fraction of sp³-hybridized carbons (Fsp3) is 0.500. The van der Waals surface area contributed by atoms with E-state index in [4.69, 9.17) is 0 Å². The summed E-state index contributed by atoms with van der Waals surface area (Å²) in [7, 11) is 0. The highest BCUT2D eigenvalue weighted by Gasteiger charge is 1.82. The van der Waals surface area contributed by atoms with Gasteiger partial charge >= 0.3 is 0 Å². The minimum Gasteiger partial charge on any atom is -0.0840 e. The molecule has 0 nitrogen and oxygen atoms in total. The second kappa shape index (κ2) is 8.04. The monoisotopic (exact) mass is 362 g/mol. The largest absolute Gasteiger partial charge is 0.0840 e. The van der Waals surface area contributed by atoms with E-state index >= 15 is 0 Å². The van der Waals surface area contributed by atoms with Crippen molar-refractivity contribution >= 4 is 45.2 Å². The molecule has 0 aliphatic carbocycles. The van der Waals surface area contributed by atoms with Crippen LogP contribution in [-0.2, 0) is 0 Å². The third-order valence-electron chi connectivity index (χ3n) is 0.929. The molecule has 0 heterocycles. The smallest absolute Gasteiger partial charge is 0.0261 e. The van der Waals surface area contributed by atoms with Crippen LogP contribution in [0.4, 0.5) is 0 Å². The molecule has 0 aromatic carbocycles. The molecular weight excluding hydrogens is 350 g/mol. The van der Waals surface area contributed by atoms with Crippen LogP contribution in [-0.4, -0.2) is 8.35 Å². The molecule has 0 aliphatic heterocycles. The molecule has 0 rings (SSSR count). The maximum absolute atomic E-state index is 2.39. The van der Waals surface area contributed by atoms with E-state index in [2.05, 4.69) is 76.4 Å². The van der Waals surface area contributed by atoms with Gasteiger partial charge in [-0.25, -0.2) is 0 Å². The zero-order valence-corrected chi connectivity index (χ0v) is 10.4. The molecular formula is C8H12I2. The molecule has 0 N–H and O–H groups in total. The van der Waals surface area contributed by atoms with E-state index in [0.29, 0.717) is 3.92 Å². The molecule has 0 saturated carbocycles. The van der Waals surface area contributed by atoms with E-state index in [1.807, 2.05) is 0 Å². The molecule has 2 heteroatoms. The molecule has 10 heavy (non-hydrogen) atoms. The van der Waals surface area contributed by atoms with Crippen LogP contribution < -0.4 is 0 Å². The number of alkyl halides is 2. The second-order valence-corrected chi connectivity index (χ2v) is 4.81. The lowest BCUT2D eigenvalue weighted by molar-refractivity contribution is 1.26. The zero-order chi connectivity index (χ0) is 7.82. The topological polar surface area (TPSA) is 0 Å². The van der Waals surface area contributed by atoms with Crippen molar-refractivity contribution in [2.75, 3.05) is 4.43 Å². The highest BCUT2D eigenvalue weighted by molar-refractivity contribution is 14.1. The highest BCUT2D eigenvalue weighted by Crippen LogP contribution is 2.00. The van der Waals surface area contributed by atoms with E-state index < -0.39 is 0 Å². The van der Waals surface area contributed by atoms with Gasteiger partial charge in [0.25, 0.3) is 0 Å². The van der Waals surface area contributed by atoms with Gasteiger partial charge in [0.15, 0.2) is 0 Å². The molecule has 0 fully saturated rings. The molecule has 0 saturated heterocycles. The summed E-state index contributed by atoms with van der Waals surface area (Å²) in [6.07, 6.45) is 9.89. The average molecular weight is 362 g/mol. The Hall–Kier alpha value is 0.940. The number of hydrogen-bond acceptors (Lipinski definition) is 0. The Bertz CT molecular complexity index is 114. The zero-order valence-electron chi connectivity index (χ0n) is 6.06. The van der Waals surface area contributed by atoms with Crippen molar-refractivity contribution < 1.29 is 0 Å². The Kier molecular flexibility index (Phi) is 8.80. The number of rotatable bonds is 4. The molecule has 0 aromatic heterocycles. The molecule has 0 amide bonds. The normalized spacial score (nSPS) is 15.1. The summed E-state index contributed by atoms with van der Waals surface area (Å²) >= 11 is 4.73. The minimum absolute atomic E-state index is 0.658. The van der Waals surface area contributed by atoms with Crippen molar-refractivity contribution in [3.63, 3.8) is 0 Å². The molecule has 0 bridgehead atoms. The van der Waals surface area contributed by atoms with Crippen LogP contribution in [0.2, 0.25) is 0 Å². The molecule has 0 aliphatic rings. The predicted molar refractivity (Wildman–Crippen MR) is 65.3 cm³/mol. The summed E-state index contributed by atoms with van der Waals surface area (Å²) in [5.41, 5.74) is 0. The van der Waals surface area contributed by atoms with Gasteiger partial charge < -0.3 is 0 Å². The van der Waals surface area contributed by atoms with Gasteiger partial charge in [-0.05, 0) is 13.3 Å². The fourth-order valence-corrected chi connectivity index (χ4v) is 1.16. The van der Waals surface area contributed by atoms with Gasteiger partial charge in [0.2, 0.25) is 0 Å². The Balaban J connectivity index is 3.26. The maximum atomic E-state index is 2.39. The summed E-state index contributed by atoms with van der Waals surface area (Å²) in [6, 6.07) is 0. The van der Waals surface area contributed by atoms with Crippen LogP contribution in [0.15, 0.2) is 24.3 Å². The third-order valence-corrected chi connectivity index (χ3v) is 1.85. The van der Waals surface area contributed by atoms with Crippen molar-refractivity contribution in [1.82, 2.24) is 0 Å². The van der Waals surface area contributed by atoms with Crippen LogP contribution in [0.3, 0.4) is 0 Å². The number of allylic oxidation sites excluding steroid dienone is 4. The van der Waals surface area contributed by atoms with Gasteiger partial charge in [-0.1, -0.05) is 69.5 Å². The Labute approximate surface area is 90.4 Å². The quantitative estimate of drug-likeness (QED) is 0.406. The number of halogens is 2. The van der Waals surface area contributed by atoms with Gasteiger partial charge in [-0.2, -0.15) is 0 Å². The van der Waals surface area contributed by atoms with Crippen LogP contribution in [0, 0.1) is 0 Å². The van der Waals surface area contributed by atoms with E-state index in [1.54, 1.807) is 0 Å². The minimum atomic E-state index is 0.658.